The van der Waals surface area contributed by atoms with Gasteiger partial charge in [0.1, 0.15) is 6.54 Å². The quantitative estimate of drug-likeness (QED) is 0.447. The van der Waals surface area contributed by atoms with E-state index in [0.717, 1.165) is 58.0 Å². The second kappa shape index (κ2) is 9.68. The average Bonchev–Trinajstić information content (AvgIpc) is 3.33. The number of hydrogen-bond acceptors (Lipinski definition) is 4. The number of para-hydroxylation sites is 1. The minimum absolute atomic E-state index is 0.164. The Bertz CT molecular complexity index is 1290. The second-order valence-corrected chi connectivity index (χ2v) is 9.99. The standard InChI is InChI=1S/C26H24ClN3O3S/c27-20-10-8-18(9-11-20)15-29-16-19(21-6-2-3-7-22(21)29)14-23-25(32)30(26(33)34-23)17-24(31)28-12-4-1-5-13-28/h2-3,6-11,14,16H,1,4-5,12-13,15,17H2/b23-14-. The normalized spacial score (nSPS) is 17.9. The van der Waals surface area contributed by atoms with E-state index in [2.05, 4.69) is 4.57 Å². The van der Waals surface area contributed by atoms with Crippen LogP contribution in [0.25, 0.3) is 17.0 Å². The zero-order chi connectivity index (χ0) is 23.7. The van der Waals surface area contributed by atoms with Crippen molar-refractivity contribution in [2.45, 2.75) is 25.8 Å². The summed E-state index contributed by atoms with van der Waals surface area (Å²) in [5, 5.41) is 1.29. The lowest BCUT2D eigenvalue weighted by Gasteiger charge is -2.27. The van der Waals surface area contributed by atoms with E-state index < -0.39 is 11.1 Å². The molecule has 2 aromatic carbocycles. The topological polar surface area (TPSA) is 62.6 Å². The molecule has 0 bridgehead atoms. The van der Waals surface area contributed by atoms with Crippen LogP contribution in [0.1, 0.15) is 30.4 Å². The van der Waals surface area contributed by atoms with Gasteiger partial charge in [0.25, 0.3) is 11.1 Å². The zero-order valence-corrected chi connectivity index (χ0v) is 20.1. The largest absolute Gasteiger partial charge is 0.342 e. The first kappa shape index (κ1) is 22.7. The average molecular weight is 494 g/mol. The zero-order valence-electron chi connectivity index (χ0n) is 18.6. The van der Waals surface area contributed by atoms with Gasteiger partial charge in [0.05, 0.1) is 4.91 Å². The molecule has 0 aliphatic carbocycles. The van der Waals surface area contributed by atoms with Gasteiger partial charge in [0.2, 0.25) is 5.91 Å². The Morgan fingerprint density at radius 1 is 1.00 bits per heavy atom. The van der Waals surface area contributed by atoms with E-state index in [0.29, 0.717) is 29.6 Å². The lowest BCUT2D eigenvalue weighted by molar-refractivity contribution is -0.136. The number of likely N-dealkylation sites (tertiary alicyclic amines) is 1. The Kier molecular flexibility index (Phi) is 6.48. The van der Waals surface area contributed by atoms with Crippen molar-refractivity contribution >= 4 is 57.4 Å². The Hall–Kier alpha value is -3.03. The first-order valence-electron chi connectivity index (χ1n) is 11.3. The lowest BCUT2D eigenvalue weighted by Crippen LogP contribution is -2.44. The number of amides is 3. The maximum Gasteiger partial charge on any atom is 0.294 e. The molecule has 34 heavy (non-hydrogen) atoms. The molecule has 3 amide bonds. The van der Waals surface area contributed by atoms with Crippen molar-refractivity contribution in [1.29, 1.82) is 0 Å². The van der Waals surface area contributed by atoms with Crippen LogP contribution in [-0.4, -0.2) is 51.1 Å². The van der Waals surface area contributed by atoms with Gasteiger partial charge in [-0.25, -0.2) is 0 Å². The highest BCUT2D eigenvalue weighted by Crippen LogP contribution is 2.34. The fraction of sp³-hybridized carbons (Fsp3) is 0.269. The molecule has 0 atom stereocenters. The van der Waals surface area contributed by atoms with Gasteiger partial charge < -0.3 is 9.47 Å². The van der Waals surface area contributed by atoms with Gasteiger partial charge in [-0.05, 0) is 60.9 Å². The number of aromatic nitrogens is 1. The van der Waals surface area contributed by atoms with Gasteiger partial charge in [0, 0.05) is 47.3 Å². The number of carbonyl (C=O) groups excluding carboxylic acids is 3. The third-order valence-corrected chi connectivity index (χ3v) is 7.41. The number of rotatable bonds is 5. The van der Waals surface area contributed by atoms with Crippen molar-refractivity contribution in [3.63, 3.8) is 0 Å². The van der Waals surface area contributed by atoms with Gasteiger partial charge in [-0.2, -0.15) is 0 Å². The molecule has 1 aromatic heterocycles. The summed E-state index contributed by atoms with van der Waals surface area (Å²) in [6.45, 7) is 1.84. The highest BCUT2D eigenvalue weighted by Gasteiger charge is 2.37. The van der Waals surface area contributed by atoms with Crippen molar-refractivity contribution in [1.82, 2.24) is 14.4 Å². The highest BCUT2D eigenvalue weighted by atomic mass is 35.5. The second-order valence-electron chi connectivity index (χ2n) is 8.57. The van der Waals surface area contributed by atoms with Crippen molar-refractivity contribution < 1.29 is 14.4 Å². The van der Waals surface area contributed by atoms with E-state index in [4.69, 9.17) is 11.6 Å². The molecule has 2 fully saturated rings. The Labute approximate surface area is 207 Å². The molecule has 6 nitrogen and oxygen atoms in total. The van der Waals surface area contributed by atoms with E-state index in [1.807, 2.05) is 54.7 Å². The number of piperidine rings is 1. The number of hydrogen-bond donors (Lipinski definition) is 0. The molecular weight excluding hydrogens is 470 g/mol. The molecule has 5 rings (SSSR count). The van der Waals surface area contributed by atoms with Crippen LogP contribution >= 0.6 is 23.4 Å². The minimum atomic E-state index is -0.408. The maximum atomic E-state index is 13.0. The molecular formula is C26H24ClN3O3S. The van der Waals surface area contributed by atoms with Gasteiger partial charge in [-0.3, -0.25) is 19.3 Å². The third kappa shape index (κ3) is 4.63. The van der Waals surface area contributed by atoms with Crippen LogP contribution in [0.2, 0.25) is 5.02 Å². The third-order valence-electron chi connectivity index (χ3n) is 6.25. The number of halogens is 1. The van der Waals surface area contributed by atoms with Crippen molar-refractivity contribution in [2.24, 2.45) is 0 Å². The van der Waals surface area contributed by atoms with Crippen LogP contribution in [0.5, 0.6) is 0 Å². The summed E-state index contributed by atoms with van der Waals surface area (Å²) in [5.41, 5.74) is 2.99. The van der Waals surface area contributed by atoms with E-state index >= 15 is 0 Å². The van der Waals surface area contributed by atoms with Gasteiger partial charge in [-0.15, -0.1) is 0 Å². The first-order valence-corrected chi connectivity index (χ1v) is 12.5. The molecule has 2 aliphatic heterocycles. The molecule has 0 spiro atoms. The number of carbonyl (C=O) groups is 3. The predicted molar refractivity (Wildman–Crippen MR) is 136 cm³/mol. The van der Waals surface area contributed by atoms with E-state index in [1.54, 1.807) is 11.0 Å². The SMILES string of the molecule is O=C(CN1C(=O)S/C(=C\c2cn(Cc3ccc(Cl)cc3)c3ccccc23)C1=O)N1CCCCC1. The summed E-state index contributed by atoms with van der Waals surface area (Å²) >= 11 is 6.91. The molecule has 2 aliphatic rings. The lowest BCUT2D eigenvalue weighted by atomic mass is 10.1. The monoisotopic (exact) mass is 493 g/mol. The summed E-state index contributed by atoms with van der Waals surface area (Å²) in [6, 6.07) is 15.7. The van der Waals surface area contributed by atoms with Gasteiger partial charge in [-0.1, -0.05) is 41.9 Å². The molecule has 3 heterocycles. The maximum absolute atomic E-state index is 13.0. The van der Waals surface area contributed by atoms with Gasteiger partial charge >= 0.3 is 0 Å². The molecule has 0 N–H and O–H groups in total. The molecule has 0 radical (unpaired) electrons. The number of thioether (sulfide) groups is 1. The minimum Gasteiger partial charge on any atom is -0.342 e. The fourth-order valence-electron chi connectivity index (χ4n) is 4.46. The highest BCUT2D eigenvalue weighted by molar-refractivity contribution is 8.18. The van der Waals surface area contributed by atoms with Crippen molar-refractivity contribution in [3.8, 4) is 0 Å². The van der Waals surface area contributed by atoms with Crippen LogP contribution in [0.3, 0.4) is 0 Å². The van der Waals surface area contributed by atoms with Crippen LogP contribution in [0, 0.1) is 0 Å². The summed E-state index contributed by atoms with van der Waals surface area (Å²) in [6.07, 6.45) is 6.80. The van der Waals surface area contributed by atoms with E-state index in [9.17, 15) is 14.4 Å². The van der Waals surface area contributed by atoms with Crippen LogP contribution in [0.4, 0.5) is 4.79 Å². The summed E-state index contributed by atoms with van der Waals surface area (Å²) in [7, 11) is 0. The smallest absolute Gasteiger partial charge is 0.294 e. The van der Waals surface area contributed by atoms with Crippen LogP contribution in [0.15, 0.2) is 59.6 Å². The Morgan fingerprint density at radius 3 is 2.50 bits per heavy atom. The summed E-state index contributed by atoms with van der Waals surface area (Å²) < 4.78 is 2.12. The van der Waals surface area contributed by atoms with Gasteiger partial charge in [0.15, 0.2) is 0 Å². The fourth-order valence-corrected chi connectivity index (χ4v) is 5.42. The van der Waals surface area contributed by atoms with Crippen LogP contribution < -0.4 is 0 Å². The number of imide groups is 1. The van der Waals surface area contributed by atoms with E-state index in [1.165, 1.54) is 0 Å². The predicted octanol–water partition coefficient (Wildman–Crippen LogP) is 5.39. The van der Waals surface area contributed by atoms with Crippen molar-refractivity contribution in [2.75, 3.05) is 19.6 Å². The number of fused-ring (bicyclic) bond motifs is 1. The summed E-state index contributed by atoms with van der Waals surface area (Å²) in [4.78, 5) is 41.4. The van der Waals surface area contributed by atoms with Crippen LogP contribution in [-0.2, 0) is 16.1 Å². The Morgan fingerprint density at radius 2 is 1.74 bits per heavy atom. The molecule has 0 unspecified atom stereocenters. The molecule has 3 aromatic rings. The Balaban J connectivity index is 1.39. The molecule has 8 heteroatoms. The number of nitrogens with zero attached hydrogens (tertiary/aromatic N) is 3. The first-order chi connectivity index (χ1) is 16.5. The molecule has 174 valence electrons. The summed E-state index contributed by atoms with van der Waals surface area (Å²) in [5.74, 6) is -0.572. The molecule has 2 saturated heterocycles. The molecule has 0 saturated carbocycles. The van der Waals surface area contributed by atoms with Crippen molar-refractivity contribution in [3.05, 3.63) is 75.8 Å². The van der Waals surface area contributed by atoms with E-state index in [-0.39, 0.29) is 12.5 Å². The number of benzene rings is 2.